The van der Waals surface area contributed by atoms with Crippen LogP contribution in [-0.4, -0.2) is 16.1 Å². The fourth-order valence-corrected chi connectivity index (χ4v) is 7.95. The van der Waals surface area contributed by atoms with Crippen LogP contribution in [0.3, 0.4) is 0 Å². The summed E-state index contributed by atoms with van der Waals surface area (Å²) in [5.74, 6) is 0.914. The maximum atomic E-state index is 2.61. The largest absolute Gasteiger partial charge is 0.0836 e. The Labute approximate surface area is 116 Å². The third kappa shape index (κ3) is 2.74. The van der Waals surface area contributed by atoms with Crippen LogP contribution in [0.5, 0.6) is 0 Å². The van der Waals surface area contributed by atoms with E-state index in [0.29, 0.717) is 0 Å². The molecule has 0 spiro atoms. The van der Waals surface area contributed by atoms with Gasteiger partial charge in [0.25, 0.3) is 0 Å². The summed E-state index contributed by atoms with van der Waals surface area (Å²) < 4.78 is 0. The van der Waals surface area contributed by atoms with E-state index >= 15 is 0 Å². The first kappa shape index (κ1) is 14.3. The van der Waals surface area contributed by atoms with Crippen LogP contribution >= 0.6 is 0 Å². The maximum Gasteiger partial charge on any atom is 0.0775 e. The molecule has 102 valence electrons. The molecule has 0 heterocycles. The molecule has 0 aromatic rings. The molecule has 18 heavy (non-hydrogen) atoms. The molecule has 2 atom stereocenters. The predicted molar refractivity (Wildman–Crippen MR) is 88.6 cm³/mol. The van der Waals surface area contributed by atoms with Crippen molar-refractivity contribution in [1.29, 1.82) is 0 Å². The smallest absolute Gasteiger partial charge is 0.0775 e. The Bertz CT molecular complexity index is 377. The first-order valence-corrected chi connectivity index (χ1v) is 14.7. The van der Waals surface area contributed by atoms with Crippen molar-refractivity contribution in [3.63, 3.8) is 0 Å². The van der Waals surface area contributed by atoms with Crippen LogP contribution in [0, 0.1) is 5.92 Å². The van der Waals surface area contributed by atoms with Gasteiger partial charge in [0.05, 0.1) is 16.1 Å². The summed E-state index contributed by atoms with van der Waals surface area (Å²) in [4.78, 5) is 0. The minimum atomic E-state index is -1.15. The molecule has 0 unspecified atom stereocenters. The zero-order chi connectivity index (χ0) is 13.6. The summed E-state index contributed by atoms with van der Waals surface area (Å²) in [5, 5.41) is 1.79. The van der Waals surface area contributed by atoms with Crippen LogP contribution in [0.15, 0.2) is 22.9 Å². The molecule has 0 bridgehead atoms. The molecule has 0 nitrogen and oxygen atoms in total. The van der Waals surface area contributed by atoms with Gasteiger partial charge in [-0.2, -0.15) is 0 Å². The van der Waals surface area contributed by atoms with E-state index in [4.69, 9.17) is 0 Å². The van der Waals surface area contributed by atoms with Gasteiger partial charge in [-0.15, -0.1) is 0 Å². The lowest BCUT2D eigenvalue weighted by Crippen LogP contribution is -2.38. The molecule has 0 aliphatic heterocycles. The molecule has 0 radical (unpaired) electrons. The molecule has 1 fully saturated rings. The number of hydrogen-bond donors (Lipinski definition) is 0. The second-order valence-electron chi connectivity index (χ2n) is 8.29. The normalized spacial score (nSPS) is 29.4. The van der Waals surface area contributed by atoms with Crippen LogP contribution in [0.1, 0.15) is 25.7 Å². The molecule has 2 aliphatic carbocycles. The highest BCUT2D eigenvalue weighted by Crippen LogP contribution is 2.48. The topological polar surface area (TPSA) is 0 Å². The molecule has 0 saturated heterocycles. The van der Waals surface area contributed by atoms with Crippen molar-refractivity contribution in [1.82, 2.24) is 0 Å². The zero-order valence-corrected chi connectivity index (χ0v) is 15.1. The van der Waals surface area contributed by atoms with Crippen LogP contribution in [0.4, 0.5) is 0 Å². The van der Waals surface area contributed by atoms with E-state index in [1.807, 2.05) is 5.57 Å². The lowest BCUT2D eigenvalue weighted by Gasteiger charge is -2.43. The minimum Gasteiger partial charge on any atom is -0.0836 e. The molecule has 0 amide bonds. The van der Waals surface area contributed by atoms with E-state index in [-0.39, 0.29) is 0 Å². The quantitative estimate of drug-likeness (QED) is 0.574. The van der Waals surface area contributed by atoms with Crippen LogP contribution in [0.2, 0.25) is 44.8 Å². The van der Waals surface area contributed by atoms with Crippen LogP contribution < -0.4 is 0 Å². The van der Waals surface area contributed by atoms with Gasteiger partial charge in [0.2, 0.25) is 0 Å². The van der Waals surface area contributed by atoms with E-state index in [1.165, 1.54) is 25.7 Å². The van der Waals surface area contributed by atoms with Gasteiger partial charge in [0.1, 0.15) is 0 Å². The summed E-state index contributed by atoms with van der Waals surface area (Å²) in [6.07, 6.45) is 10.9. The highest BCUT2D eigenvalue weighted by molar-refractivity contribution is 6.84. The molecule has 2 aliphatic rings. The molecule has 0 aromatic heterocycles. The summed E-state index contributed by atoms with van der Waals surface area (Å²) in [6, 6.07) is 0. The van der Waals surface area contributed by atoms with E-state index in [9.17, 15) is 0 Å². The fraction of sp³-hybridized carbons (Fsp3) is 0.750. The van der Waals surface area contributed by atoms with E-state index in [2.05, 4.69) is 51.4 Å². The fourth-order valence-electron chi connectivity index (χ4n) is 3.83. The zero-order valence-electron chi connectivity index (χ0n) is 13.1. The lowest BCUT2D eigenvalue weighted by molar-refractivity contribution is 0.445. The number of rotatable bonds is 2. The molecule has 0 N–H and O–H groups in total. The molecule has 2 heteroatoms. The maximum absolute atomic E-state index is 2.61. The van der Waals surface area contributed by atoms with Crippen molar-refractivity contribution < 1.29 is 0 Å². The standard InChI is InChI=1S/C16H30Si2/c1-17(2,3)15-11-12-16(18(4,5)6)14-10-8-7-9-13(14)15/h11-13,15H,7-10H2,1-6H3/t13-,15+/m1/s1. The minimum absolute atomic E-state index is 0.896. The van der Waals surface area contributed by atoms with E-state index in [0.717, 1.165) is 11.5 Å². The van der Waals surface area contributed by atoms with Gasteiger partial charge in [0.15, 0.2) is 0 Å². The Balaban J connectivity index is 2.40. The second kappa shape index (κ2) is 4.79. The molecule has 1 saturated carbocycles. The Morgan fingerprint density at radius 1 is 1.00 bits per heavy atom. The van der Waals surface area contributed by atoms with Crippen molar-refractivity contribution in [2.75, 3.05) is 0 Å². The second-order valence-corrected chi connectivity index (χ2v) is 18.7. The number of fused-ring (bicyclic) bond motifs is 1. The molecule has 2 rings (SSSR count). The van der Waals surface area contributed by atoms with Crippen molar-refractivity contribution in [2.45, 2.75) is 70.5 Å². The van der Waals surface area contributed by atoms with Crippen molar-refractivity contribution in [3.05, 3.63) is 22.9 Å². The van der Waals surface area contributed by atoms with Gasteiger partial charge in [0, 0.05) is 0 Å². The molecular formula is C16H30Si2. The highest BCUT2D eigenvalue weighted by Gasteiger charge is 2.39. The predicted octanol–water partition coefficient (Wildman–Crippen LogP) is 5.63. The summed E-state index contributed by atoms with van der Waals surface area (Å²) in [5.41, 5.74) is 2.78. The SMILES string of the molecule is C[Si](C)(C)C1=C2CCCC[C@H]2[C@@H]([Si](C)(C)C)C=C1. The van der Waals surface area contributed by atoms with Gasteiger partial charge in [-0.3, -0.25) is 0 Å². The Hall–Kier alpha value is -0.0862. The summed E-state index contributed by atoms with van der Waals surface area (Å²) in [7, 11) is -2.20. The summed E-state index contributed by atoms with van der Waals surface area (Å²) in [6.45, 7) is 15.2. The van der Waals surface area contributed by atoms with Gasteiger partial charge < -0.3 is 0 Å². The van der Waals surface area contributed by atoms with E-state index < -0.39 is 16.1 Å². The first-order valence-electron chi connectivity index (χ1n) is 7.63. The number of hydrogen-bond acceptors (Lipinski definition) is 0. The third-order valence-corrected chi connectivity index (χ3v) is 9.42. The van der Waals surface area contributed by atoms with Gasteiger partial charge >= 0.3 is 0 Å². The monoisotopic (exact) mass is 278 g/mol. The average molecular weight is 279 g/mol. The van der Waals surface area contributed by atoms with Gasteiger partial charge in [-0.05, 0) is 30.7 Å². The first-order chi connectivity index (χ1) is 8.21. The van der Waals surface area contributed by atoms with Crippen LogP contribution in [0.25, 0.3) is 0 Å². The Kier molecular flexibility index (Phi) is 3.81. The van der Waals surface area contributed by atoms with Gasteiger partial charge in [-0.1, -0.05) is 68.6 Å². The van der Waals surface area contributed by atoms with Crippen LogP contribution in [-0.2, 0) is 0 Å². The number of allylic oxidation sites excluding steroid dienone is 4. The third-order valence-electron chi connectivity index (χ3n) is 4.72. The van der Waals surface area contributed by atoms with E-state index in [1.54, 1.807) is 5.20 Å². The average Bonchev–Trinajstić information content (AvgIpc) is 2.24. The molecule has 0 aromatic carbocycles. The van der Waals surface area contributed by atoms with Crippen molar-refractivity contribution >= 4 is 16.1 Å². The lowest BCUT2D eigenvalue weighted by atomic mass is 9.79. The van der Waals surface area contributed by atoms with Crippen molar-refractivity contribution in [2.24, 2.45) is 5.92 Å². The highest BCUT2D eigenvalue weighted by atomic mass is 28.3. The Morgan fingerprint density at radius 3 is 2.22 bits per heavy atom. The molecular weight excluding hydrogens is 248 g/mol. The summed E-state index contributed by atoms with van der Waals surface area (Å²) >= 11 is 0. The van der Waals surface area contributed by atoms with Crippen molar-refractivity contribution in [3.8, 4) is 0 Å². The Morgan fingerprint density at radius 2 is 1.67 bits per heavy atom. The van der Waals surface area contributed by atoms with Gasteiger partial charge in [-0.25, -0.2) is 0 Å².